The molecule has 5 nitrogen and oxygen atoms in total. The number of ether oxygens (including phenoxy) is 1. The highest BCUT2D eigenvalue weighted by molar-refractivity contribution is 14.0. The van der Waals surface area contributed by atoms with Crippen LogP contribution in [0, 0.1) is 5.92 Å². The zero-order valence-corrected chi connectivity index (χ0v) is 18.3. The Hall–Kier alpha value is -0.340. The highest BCUT2D eigenvalue weighted by atomic mass is 127. The summed E-state index contributed by atoms with van der Waals surface area (Å²) < 4.78 is 5.48. The standard InChI is InChI=1S/C18H36N4O.HI/c1-6-8-9-10-21(5)18(19-7-2)20-15-17(16(3)4)22-11-13-23-14-12-22;/h6,16-17H,1,7-15H2,2-5H3,(H,19,20);1H. The lowest BCUT2D eigenvalue weighted by molar-refractivity contribution is 0.00863. The molecule has 0 aliphatic carbocycles. The topological polar surface area (TPSA) is 40.1 Å². The SMILES string of the molecule is C=CCCCN(C)C(=NCC(C(C)C)N1CCOCC1)NCC.I. The number of hydrogen-bond donors (Lipinski definition) is 1. The van der Waals surface area contributed by atoms with Crippen LogP contribution in [0.3, 0.4) is 0 Å². The number of aliphatic imine (C=N–C) groups is 1. The zero-order valence-electron chi connectivity index (χ0n) is 16.0. The number of rotatable bonds is 9. The van der Waals surface area contributed by atoms with Gasteiger partial charge in [0.15, 0.2) is 5.96 Å². The van der Waals surface area contributed by atoms with Crippen molar-refractivity contribution < 1.29 is 4.74 Å². The van der Waals surface area contributed by atoms with Gasteiger partial charge in [-0.15, -0.1) is 30.6 Å². The van der Waals surface area contributed by atoms with Crippen LogP contribution in [0.25, 0.3) is 0 Å². The van der Waals surface area contributed by atoms with Crippen molar-refractivity contribution in [3.05, 3.63) is 12.7 Å². The third kappa shape index (κ3) is 8.67. The molecule has 1 fully saturated rings. The molecule has 142 valence electrons. The van der Waals surface area contributed by atoms with Gasteiger partial charge in [-0.3, -0.25) is 9.89 Å². The Morgan fingerprint density at radius 2 is 2.04 bits per heavy atom. The van der Waals surface area contributed by atoms with Crippen molar-refractivity contribution in [3.8, 4) is 0 Å². The third-order valence-electron chi connectivity index (χ3n) is 4.31. The Labute approximate surface area is 165 Å². The fraction of sp³-hybridized carbons (Fsp3) is 0.833. The molecule has 24 heavy (non-hydrogen) atoms. The molecule has 1 unspecified atom stereocenters. The monoisotopic (exact) mass is 452 g/mol. The van der Waals surface area contributed by atoms with Crippen LogP contribution in [0.2, 0.25) is 0 Å². The van der Waals surface area contributed by atoms with Crippen molar-refractivity contribution in [1.82, 2.24) is 15.1 Å². The highest BCUT2D eigenvalue weighted by Crippen LogP contribution is 2.13. The molecule has 1 aliphatic heterocycles. The van der Waals surface area contributed by atoms with Gasteiger partial charge < -0.3 is 15.0 Å². The van der Waals surface area contributed by atoms with E-state index in [1.54, 1.807) is 0 Å². The molecule has 1 rings (SSSR count). The van der Waals surface area contributed by atoms with Crippen LogP contribution in [0.1, 0.15) is 33.6 Å². The van der Waals surface area contributed by atoms with Gasteiger partial charge in [-0.25, -0.2) is 0 Å². The van der Waals surface area contributed by atoms with Gasteiger partial charge in [0, 0.05) is 39.3 Å². The Kier molecular flexibility index (Phi) is 13.7. The van der Waals surface area contributed by atoms with E-state index >= 15 is 0 Å². The first-order valence-corrected chi connectivity index (χ1v) is 9.02. The van der Waals surface area contributed by atoms with E-state index in [4.69, 9.17) is 9.73 Å². The summed E-state index contributed by atoms with van der Waals surface area (Å²) >= 11 is 0. The van der Waals surface area contributed by atoms with E-state index < -0.39 is 0 Å². The Morgan fingerprint density at radius 3 is 2.58 bits per heavy atom. The molecule has 0 aromatic carbocycles. The lowest BCUT2D eigenvalue weighted by Crippen LogP contribution is -2.48. The number of hydrogen-bond acceptors (Lipinski definition) is 3. The number of nitrogens with zero attached hydrogens (tertiary/aromatic N) is 3. The first-order valence-electron chi connectivity index (χ1n) is 9.02. The lowest BCUT2D eigenvalue weighted by atomic mass is 10.0. The Bertz CT molecular complexity index is 357. The summed E-state index contributed by atoms with van der Waals surface area (Å²) in [7, 11) is 2.11. The second-order valence-corrected chi connectivity index (χ2v) is 6.51. The minimum Gasteiger partial charge on any atom is -0.379 e. The van der Waals surface area contributed by atoms with Gasteiger partial charge in [-0.1, -0.05) is 19.9 Å². The molecule has 0 radical (unpaired) electrons. The molecule has 0 spiro atoms. The van der Waals surface area contributed by atoms with Gasteiger partial charge in [-0.05, 0) is 25.7 Å². The van der Waals surface area contributed by atoms with Gasteiger partial charge in [0.05, 0.1) is 19.8 Å². The van der Waals surface area contributed by atoms with Gasteiger partial charge >= 0.3 is 0 Å². The third-order valence-corrected chi connectivity index (χ3v) is 4.31. The number of guanidine groups is 1. The van der Waals surface area contributed by atoms with E-state index in [0.29, 0.717) is 12.0 Å². The maximum Gasteiger partial charge on any atom is 0.193 e. The smallest absolute Gasteiger partial charge is 0.193 e. The maximum absolute atomic E-state index is 5.48. The second-order valence-electron chi connectivity index (χ2n) is 6.51. The molecule has 0 bridgehead atoms. The fourth-order valence-electron chi connectivity index (χ4n) is 2.89. The second kappa shape index (κ2) is 13.9. The molecule has 0 saturated carbocycles. The van der Waals surface area contributed by atoms with Gasteiger partial charge in [-0.2, -0.15) is 0 Å². The van der Waals surface area contributed by atoms with Crippen molar-refractivity contribution in [2.24, 2.45) is 10.9 Å². The molecule has 6 heteroatoms. The Balaban J connectivity index is 0.00000529. The summed E-state index contributed by atoms with van der Waals surface area (Å²) in [6.45, 7) is 16.9. The van der Waals surface area contributed by atoms with Crippen LogP contribution in [-0.4, -0.2) is 74.8 Å². The van der Waals surface area contributed by atoms with E-state index in [2.05, 4.69) is 49.5 Å². The highest BCUT2D eigenvalue weighted by Gasteiger charge is 2.23. The van der Waals surface area contributed by atoms with E-state index in [0.717, 1.165) is 64.7 Å². The average Bonchev–Trinajstić information content (AvgIpc) is 2.55. The largest absolute Gasteiger partial charge is 0.379 e. The molecular formula is C18H37IN4O. The molecule has 1 aliphatic rings. The van der Waals surface area contributed by atoms with E-state index in [1.165, 1.54) is 0 Å². The Morgan fingerprint density at radius 1 is 1.38 bits per heavy atom. The first-order chi connectivity index (χ1) is 11.1. The summed E-state index contributed by atoms with van der Waals surface area (Å²) in [5.74, 6) is 1.60. The van der Waals surface area contributed by atoms with Crippen molar-refractivity contribution in [2.45, 2.75) is 39.7 Å². The van der Waals surface area contributed by atoms with Crippen LogP contribution in [0.5, 0.6) is 0 Å². The van der Waals surface area contributed by atoms with Crippen LogP contribution >= 0.6 is 24.0 Å². The molecular weight excluding hydrogens is 415 g/mol. The van der Waals surface area contributed by atoms with Crippen LogP contribution < -0.4 is 5.32 Å². The maximum atomic E-state index is 5.48. The van der Waals surface area contributed by atoms with Crippen molar-refractivity contribution in [2.75, 3.05) is 53.0 Å². The summed E-state index contributed by atoms with van der Waals surface area (Å²) in [5, 5.41) is 3.41. The average molecular weight is 452 g/mol. The molecule has 0 amide bonds. The van der Waals surface area contributed by atoms with Gasteiger partial charge in [0.2, 0.25) is 0 Å². The quantitative estimate of drug-likeness (QED) is 0.192. The summed E-state index contributed by atoms with van der Waals surface area (Å²) in [5.41, 5.74) is 0. The molecule has 0 aromatic heterocycles. The van der Waals surface area contributed by atoms with Crippen LogP contribution in [0.4, 0.5) is 0 Å². The fourth-order valence-corrected chi connectivity index (χ4v) is 2.89. The number of allylic oxidation sites excluding steroid dienone is 1. The molecule has 1 N–H and O–H groups in total. The number of halogens is 1. The first kappa shape index (κ1) is 23.7. The van der Waals surface area contributed by atoms with Crippen molar-refractivity contribution in [3.63, 3.8) is 0 Å². The summed E-state index contributed by atoms with van der Waals surface area (Å²) in [6.07, 6.45) is 4.14. The predicted molar refractivity (Wildman–Crippen MR) is 114 cm³/mol. The number of nitrogens with one attached hydrogen (secondary N) is 1. The predicted octanol–water partition coefficient (Wildman–Crippen LogP) is 2.82. The minimum atomic E-state index is 0. The van der Waals surface area contributed by atoms with Gasteiger partial charge in [0.1, 0.15) is 0 Å². The zero-order chi connectivity index (χ0) is 17.1. The van der Waals surface area contributed by atoms with E-state index in [9.17, 15) is 0 Å². The van der Waals surface area contributed by atoms with E-state index in [-0.39, 0.29) is 24.0 Å². The van der Waals surface area contributed by atoms with Crippen LogP contribution in [-0.2, 0) is 4.74 Å². The number of unbranched alkanes of at least 4 members (excludes halogenated alkanes) is 1. The minimum absolute atomic E-state index is 0. The lowest BCUT2D eigenvalue weighted by Gasteiger charge is -2.36. The summed E-state index contributed by atoms with van der Waals surface area (Å²) in [4.78, 5) is 9.66. The van der Waals surface area contributed by atoms with Crippen molar-refractivity contribution >= 4 is 29.9 Å². The van der Waals surface area contributed by atoms with E-state index in [1.807, 2.05) is 6.08 Å². The normalized spacial score (nSPS) is 17.3. The molecule has 0 aromatic rings. The summed E-state index contributed by atoms with van der Waals surface area (Å²) in [6, 6.07) is 0.481. The number of morpholine rings is 1. The molecule has 1 heterocycles. The van der Waals surface area contributed by atoms with Gasteiger partial charge in [0.25, 0.3) is 0 Å². The molecule has 1 saturated heterocycles. The van der Waals surface area contributed by atoms with Crippen molar-refractivity contribution in [1.29, 1.82) is 0 Å². The molecule has 1 atom stereocenters. The van der Waals surface area contributed by atoms with Crippen LogP contribution in [0.15, 0.2) is 17.6 Å².